The fourth-order valence-corrected chi connectivity index (χ4v) is 2.03. The van der Waals surface area contributed by atoms with E-state index in [2.05, 4.69) is 0 Å². The van der Waals surface area contributed by atoms with Crippen LogP contribution in [0.25, 0.3) is 0 Å². The van der Waals surface area contributed by atoms with Crippen molar-refractivity contribution in [2.45, 2.75) is 31.8 Å². The van der Waals surface area contributed by atoms with Crippen LogP contribution in [0.5, 0.6) is 5.75 Å². The zero-order valence-corrected chi connectivity index (χ0v) is 9.98. The molecule has 0 heterocycles. The van der Waals surface area contributed by atoms with E-state index in [0.717, 1.165) is 18.6 Å². The molecule has 1 aromatic rings. The fourth-order valence-electron chi connectivity index (χ4n) is 1.80. The first-order valence-corrected chi connectivity index (χ1v) is 5.35. The summed E-state index contributed by atoms with van der Waals surface area (Å²) in [5.74, 6) is 0.757. The Hall–Kier alpha value is -0.600. The van der Waals surface area contributed by atoms with E-state index < -0.39 is 0 Å². The van der Waals surface area contributed by atoms with Crippen molar-refractivity contribution in [1.29, 1.82) is 0 Å². The molecule has 84 valence electrons. The van der Waals surface area contributed by atoms with Gasteiger partial charge in [-0.1, -0.05) is 11.6 Å². The molecule has 4 heteroatoms. The summed E-state index contributed by atoms with van der Waals surface area (Å²) in [6, 6.07) is 5.39. The van der Waals surface area contributed by atoms with Crippen LogP contribution in [-0.4, -0.2) is 6.10 Å². The molecule has 1 aliphatic rings. The Kier molecular flexibility index (Phi) is 4.55. The van der Waals surface area contributed by atoms with Gasteiger partial charge in [-0.3, -0.25) is 0 Å². The summed E-state index contributed by atoms with van der Waals surface area (Å²) >= 11 is 6.00. The lowest BCUT2D eigenvalue weighted by atomic mass is 10.3. The van der Waals surface area contributed by atoms with E-state index in [4.69, 9.17) is 22.1 Å². The van der Waals surface area contributed by atoms with Crippen LogP contribution in [0.1, 0.15) is 25.7 Å². The van der Waals surface area contributed by atoms with Gasteiger partial charge in [0.05, 0.1) is 11.1 Å². The summed E-state index contributed by atoms with van der Waals surface area (Å²) < 4.78 is 5.77. The summed E-state index contributed by atoms with van der Waals surface area (Å²) in [6.07, 6.45) is 5.15. The molecular weight excluding hydrogens is 233 g/mol. The minimum Gasteiger partial charge on any atom is -0.489 e. The number of benzene rings is 1. The van der Waals surface area contributed by atoms with Crippen LogP contribution >= 0.6 is 24.0 Å². The highest BCUT2D eigenvalue weighted by molar-refractivity contribution is 6.32. The standard InChI is InChI=1S/C11H14ClNO.ClH/c12-10-7-8(13)5-6-11(10)14-9-3-1-2-4-9;/h5-7,9H,1-4,13H2;1H. The Balaban J connectivity index is 0.00000112. The number of ether oxygens (including phenoxy) is 1. The topological polar surface area (TPSA) is 35.2 Å². The molecule has 0 amide bonds. The molecule has 0 saturated heterocycles. The maximum absolute atomic E-state index is 6.00. The van der Waals surface area contributed by atoms with Crippen LogP contribution in [0.2, 0.25) is 5.02 Å². The largest absolute Gasteiger partial charge is 0.489 e. The van der Waals surface area contributed by atoms with Crippen LogP contribution in [0.4, 0.5) is 5.69 Å². The van der Waals surface area contributed by atoms with Gasteiger partial charge in [-0.05, 0) is 43.9 Å². The van der Waals surface area contributed by atoms with Crippen molar-refractivity contribution in [3.8, 4) is 5.75 Å². The van der Waals surface area contributed by atoms with Gasteiger partial charge >= 0.3 is 0 Å². The summed E-state index contributed by atoms with van der Waals surface area (Å²) in [6.45, 7) is 0. The van der Waals surface area contributed by atoms with E-state index in [0.29, 0.717) is 16.8 Å². The first kappa shape index (κ1) is 12.5. The number of anilines is 1. The summed E-state index contributed by atoms with van der Waals surface area (Å²) in [4.78, 5) is 0. The van der Waals surface area contributed by atoms with Gasteiger partial charge < -0.3 is 10.5 Å². The molecule has 1 aromatic carbocycles. The van der Waals surface area contributed by atoms with Crippen molar-refractivity contribution in [2.75, 3.05) is 5.73 Å². The highest BCUT2D eigenvalue weighted by Crippen LogP contribution is 2.30. The van der Waals surface area contributed by atoms with Crippen LogP contribution in [0.15, 0.2) is 18.2 Å². The lowest BCUT2D eigenvalue weighted by Crippen LogP contribution is -2.11. The number of nitrogen functional groups attached to an aromatic ring is 1. The van der Waals surface area contributed by atoms with Crippen molar-refractivity contribution in [3.63, 3.8) is 0 Å². The van der Waals surface area contributed by atoms with Gasteiger partial charge in [-0.2, -0.15) is 0 Å². The lowest BCUT2D eigenvalue weighted by molar-refractivity contribution is 0.210. The number of nitrogens with two attached hydrogens (primary N) is 1. The van der Waals surface area contributed by atoms with Gasteiger partial charge in [-0.15, -0.1) is 12.4 Å². The number of rotatable bonds is 2. The smallest absolute Gasteiger partial charge is 0.138 e. The molecule has 0 aromatic heterocycles. The SMILES string of the molecule is Cl.Nc1ccc(OC2CCCC2)c(Cl)c1. The monoisotopic (exact) mass is 247 g/mol. The average molecular weight is 248 g/mol. The van der Waals surface area contributed by atoms with Gasteiger partial charge in [-0.25, -0.2) is 0 Å². The fraction of sp³-hybridized carbons (Fsp3) is 0.455. The predicted molar refractivity (Wildman–Crippen MR) is 66.0 cm³/mol. The molecule has 0 unspecified atom stereocenters. The lowest BCUT2D eigenvalue weighted by Gasteiger charge is -2.14. The maximum Gasteiger partial charge on any atom is 0.138 e. The highest BCUT2D eigenvalue weighted by atomic mass is 35.5. The van der Waals surface area contributed by atoms with Gasteiger partial charge in [0.15, 0.2) is 0 Å². The molecule has 2 rings (SSSR count). The molecule has 1 saturated carbocycles. The van der Waals surface area contributed by atoms with Crippen LogP contribution in [0.3, 0.4) is 0 Å². The second-order valence-electron chi connectivity index (χ2n) is 3.71. The zero-order chi connectivity index (χ0) is 9.97. The van der Waals surface area contributed by atoms with Crippen molar-refractivity contribution in [2.24, 2.45) is 0 Å². The molecule has 0 atom stereocenters. The third-order valence-corrected chi connectivity index (χ3v) is 2.85. The van der Waals surface area contributed by atoms with Crippen molar-refractivity contribution in [3.05, 3.63) is 23.2 Å². The Morgan fingerprint density at radius 2 is 1.93 bits per heavy atom. The molecule has 0 radical (unpaired) electrons. The average Bonchev–Trinajstić information content (AvgIpc) is 2.62. The minimum atomic E-state index is 0. The van der Waals surface area contributed by atoms with Gasteiger partial charge in [0, 0.05) is 5.69 Å². The molecule has 1 aliphatic carbocycles. The van der Waals surface area contributed by atoms with Gasteiger partial charge in [0.25, 0.3) is 0 Å². The Morgan fingerprint density at radius 3 is 2.53 bits per heavy atom. The van der Waals surface area contributed by atoms with E-state index >= 15 is 0 Å². The number of hydrogen-bond donors (Lipinski definition) is 1. The first-order valence-electron chi connectivity index (χ1n) is 4.97. The maximum atomic E-state index is 6.00. The van der Waals surface area contributed by atoms with Crippen molar-refractivity contribution < 1.29 is 4.74 Å². The quantitative estimate of drug-likeness (QED) is 0.810. The number of hydrogen-bond acceptors (Lipinski definition) is 2. The van der Waals surface area contributed by atoms with Gasteiger partial charge in [0.1, 0.15) is 5.75 Å². The second kappa shape index (κ2) is 5.47. The second-order valence-corrected chi connectivity index (χ2v) is 4.12. The zero-order valence-electron chi connectivity index (χ0n) is 8.41. The molecule has 2 N–H and O–H groups in total. The third kappa shape index (κ3) is 3.18. The van der Waals surface area contributed by atoms with E-state index in [9.17, 15) is 0 Å². The third-order valence-electron chi connectivity index (χ3n) is 2.55. The normalized spacial score (nSPS) is 16.1. The van der Waals surface area contributed by atoms with Gasteiger partial charge in [0.2, 0.25) is 0 Å². The molecule has 1 fully saturated rings. The molecule has 15 heavy (non-hydrogen) atoms. The Bertz CT molecular complexity index is 324. The van der Waals surface area contributed by atoms with E-state index in [1.807, 2.05) is 12.1 Å². The van der Waals surface area contributed by atoms with Crippen molar-refractivity contribution in [1.82, 2.24) is 0 Å². The van der Waals surface area contributed by atoms with Crippen LogP contribution < -0.4 is 10.5 Å². The summed E-state index contributed by atoms with van der Waals surface area (Å²) in [5.41, 5.74) is 6.27. The first-order chi connectivity index (χ1) is 6.75. The molecular formula is C11H15Cl2NO. The van der Waals surface area contributed by atoms with E-state index in [1.165, 1.54) is 12.8 Å². The van der Waals surface area contributed by atoms with E-state index in [1.54, 1.807) is 6.07 Å². The van der Waals surface area contributed by atoms with Crippen LogP contribution in [0, 0.1) is 0 Å². The highest BCUT2D eigenvalue weighted by Gasteiger charge is 2.17. The minimum absolute atomic E-state index is 0. The summed E-state index contributed by atoms with van der Waals surface area (Å²) in [5, 5.41) is 0.608. The molecule has 2 nitrogen and oxygen atoms in total. The predicted octanol–water partition coefficient (Wildman–Crippen LogP) is 3.67. The molecule has 0 aliphatic heterocycles. The Morgan fingerprint density at radius 1 is 1.27 bits per heavy atom. The Labute approximate surface area is 101 Å². The number of halogens is 2. The summed E-state index contributed by atoms with van der Waals surface area (Å²) in [7, 11) is 0. The molecule has 0 bridgehead atoms. The van der Waals surface area contributed by atoms with Crippen LogP contribution in [-0.2, 0) is 0 Å². The molecule has 0 spiro atoms. The van der Waals surface area contributed by atoms with Crippen molar-refractivity contribution >= 4 is 29.7 Å². The van der Waals surface area contributed by atoms with E-state index in [-0.39, 0.29) is 12.4 Å².